The maximum absolute atomic E-state index is 12.5. The first-order valence-electron chi connectivity index (χ1n) is 6.16. The Hall–Kier alpha value is -1.51. The van der Waals surface area contributed by atoms with Crippen molar-refractivity contribution in [3.8, 4) is 0 Å². The maximum Gasteiger partial charge on any atom is 0.427 e. The van der Waals surface area contributed by atoms with Gasteiger partial charge in [-0.2, -0.15) is 13.2 Å². The quantitative estimate of drug-likeness (QED) is 0.842. The number of benzene rings is 1. The number of carbonyl (C=O) groups excluding carboxylic acids is 1. The van der Waals surface area contributed by atoms with Gasteiger partial charge in [0.15, 0.2) is 5.13 Å². The topological polar surface area (TPSA) is 45.2 Å². The van der Waals surface area contributed by atoms with E-state index >= 15 is 0 Å². The standard InChI is InChI=1S/C13H10Cl2F3N3OS/c1-21(12-19-5-9(23-12)13(16,17)18)6-10(22)20-11-7(14)3-2-4-8(11)15/h2-5H,6H2,1H3,(H,20,22). The van der Waals surface area contributed by atoms with Gasteiger partial charge >= 0.3 is 6.18 Å². The molecule has 0 aliphatic heterocycles. The summed E-state index contributed by atoms with van der Waals surface area (Å²) in [6.07, 6.45) is -3.72. The third-order valence-corrected chi connectivity index (χ3v) is 4.49. The molecule has 1 aromatic carbocycles. The molecule has 0 radical (unpaired) electrons. The number of halogens is 5. The lowest BCUT2D eigenvalue weighted by Crippen LogP contribution is -2.30. The second-order valence-corrected chi connectivity index (χ2v) is 6.33. The molecule has 0 aliphatic rings. The average Bonchev–Trinajstić information content (AvgIpc) is 2.93. The number of anilines is 2. The zero-order chi connectivity index (χ0) is 17.2. The van der Waals surface area contributed by atoms with Crippen molar-refractivity contribution in [2.75, 3.05) is 23.8 Å². The zero-order valence-electron chi connectivity index (χ0n) is 11.6. The summed E-state index contributed by atoms with van der Waals surface area (Å²) in [7, 11) is 1.47. The van der Waals surface area contributed by atoms with E-state index in [1.807, 2.05) is 0 Å². The molecule has 0 atom stereocenters. The van der Waals surface area contributed by atoms with E-state index in [4.69, 9.17) is 23.2 Å². The highest BCUT2D eigenvalue weighted by Gasteiger charge is 2.33. The normalized spacial score (nSPS) is 11.4. The Labute approximate surface area is 143 Å². The molecule has 1 aromatic heterocycles. The Morgan fingerprint density at radius 3 is 2.48 bits per heavy atom. The van der Waals surface area contributed by atoms with Crippen molar-refractivity contribution in [1.82, 2.24) is 4.98 Å². The third kappa shape index (κ3) is 4.49. The van der Waals surface area contributed by atoms with Gasteiger partial charge in [-0.25, -0.2) is 4.98 Å². The van der Waals surface area contributed by atoms with Gasteiger partial charge in [-0.3, -0.25) is 4.79 Å². The van der Waals surface area contributed by atoms with Crippen LogP contribution in [0.15, 0.2) is 24.4 Å². The molecule has 0 unspecified atom stereocenters. The van der Waals surface area contributed by atoms with Crippen LogP contribution in [0.2, 0.25) is 10.0 Å². The van der Waals surface area contributed by atoms with Crippen LogP contribution in [0.4, 0.5) is 24.0 Å². The lowest BCUT2D eigenvalue weighted by atomic mass is 10.3. The van der Waals surface area contributed by atoms with E-state index in [-0.39, 0.29) is 27.4 Å². The molecule has 0 saturated carbocycles. The molecule has 0 saturated heterocycles. The molecule has 0 fully saturated rings. The fraction of sp³-hybridized carbons (Fsp3) is 0.231. The fourth-order valence-electron chi connectivity index (χ4n) is 1.65. The number of alkyl halides is 3. The van der Waals surface area contributed by atoms with Crippen LogP contribution < -0.4 is 10.2 Å². The number of amides is 1. The number of carbonyl (C=O) groups is 1. The van der Waals surface area contributed by atoms with Crippen molar-refractivity contribution < 1.29 is 18.0 Å². The minimum atomic E-state index is -4.45. The van der Waals surface area contributed by atoms with Crippen LogP contribution in [-0.4, -0.2) is 24.5 Å². The molecule has 124 valence electrons. The van der Waals surface area contributed by atoms with E-state index in [2.05, 4.69) is 10.3 Å². The monoisotopic (exact) mass is 383 g/mol. The van der Waals surface area contributed by atoms with E-state index in [1.165, 1.54) is 11.9 Å². The summed E-state index contributed by atoms with van der Waals surface area (Å²) >= 11 is 12.3. The van der Waals surface area contributed by atoms with Gasteiger partial charge in [-0.05, 0) is 12.1 Å². The highest BCUT2D eigenvalue weighted by molar-refractivity contribution is 7.15. The predicted octanol–water partition coefficient (Wildman–Crippen LogP) is 4.54. The Bertz CT molecular complexity index is 700. The van der Waals surface area contributed by atoms with Gasteiger partial charge in [0, 0.05) is 7.05 Å². The van der Waals surface area contributed by atoms with Crippen molar-refractivity contribution in [3.63, 3.8) is 0 Å². The summed E-state index contributed by atoms with van der Waals surface area (Å²) in [5.74, 6) is -0.480. The molecule has 10 heteroatoms. The van der Waals surface area contributed by atoms with Gasteiger partial charge < -0.3 is 10.2 Å². The highest BCUT2D eigenvalue weighted by Crippen LogP contribution is 2.36. The summed E-state index contributed by atoms with van der Waals surface area (Å²) < 4.78 is 37.6. The van der Waals surface area contributed by atoms with Crippen LogP contribution in [0.1, 0.15) is 4.88 Å². The first-order valence-corrected chi connectivity index (χ1v) is 7.73. The van der Waals surface area contributed by atoms with E-state index in [0.29, 0.717) is 11.3 Å². The predicted molar refractivity (Wildman–Crippen MR) is 85.5 cm³/mol. The number of likely N-dealkylation sites (N-methyl/N-ethyl adjacent to an activating group) is 1. The summed E-state index contributed by atoms with van der Waals surface area (Å²) in [6, 6.07) is 4.74. The number of nitrogens with zero attached hydrogens (tertiary/aromatic N) is 2. The van der Waals surface area contributed by atoms with Crippen LogP contribution in [0.25, 0.3) is 0 Å². The lowest BCUT2D eigenvalue weighted by Gasteiger charge is -2.16. The van der Waals surface area contributed by atoms with Crippen LogP contribution in [0.3, 0.4) is 0 Å². The maximum atomic E-state index is 12.5. The largest absolute Gasteiger partial charge is 0.427 e. The average molecular weight is 384 g/mol. The minimum Gasteiger partial charge on any atom is -0.342 e. The van der Waals surface area contributed by atoms with Gasteiger partial charge in [0.05, 0.1) is 28.5 Å². The van der Waals surface area contributed by atoms with Crippen molar-refractivity contribution in [2.24, 2.45) is 0 Å². The first kappa shape index (κ1) is 17.8. The zero-order valence-corrected chi connectivity index (χ0v) is 13.9. The molecule has 2 aromatic rings. The molecular formula is C13H10Cl2F3N3OS. The van der Waals surface area contributed by atoms with Crippen molar-refractivity contribution in [2.45, 2.75) is 6.18 Å². The summed E-state index contributed by atoms with van der Waals surface area (Å²) in [6.45, 7) is -0.202. The van der Waals surface area contributed by atoms with Gasteiger partial charge in [0.25, 0.3) is 0 Å². The van der Waals surface area contributed by atoms with Gasteiger partial charge in [0.1, 0.15) is 4.88 Å². The summed E-state index contributed by atoms with van der Waals surface area (Å²) in [5.41, 5.74) is 0.254. The molecule has 0 aliphatic carbocycles. The number of rotatable bonds is 4. The van der Waals surface area contributed by atoms with E-state index < -0.39 is 17.0 Å². The number of aromatic nitrogens is 1. The second kappa shape index (κ2) is 6.94. The van der Waals surface area contributed by atoms with Crippen molar-refractivity contribution >= 4 is 51.3 Å². The van der Waals surface area contributed by atoms with E-state index in [9.17, 15) is 18.0 Å². The van der Waals surface area contributed by atoms with Crippen molar-refractivity contribution in [1.29, 1.82) is 0 Å². The molecule has 1 N–H and O–H groups in total. The highest BCUT2D eigenvalue weighted by atomic mass is 35.5. The SMILES string of the molecule is CN(CC(=O)Nc1c(Cl)cccc1Cl)c1ncc(C(F)(F)F)s1. The summed E-state index contributed by atoms with van der Waals surface area (Å²) in [5, 5.41) is 3.14. The first-order chi connectivity index (χ1) is 10.7. The molecular weight excluding hydrogens is 374 g/mol. The Kier molecular flexibility index (Phi) is 5.38. The Morgan fingerprint density at radius 1 is 1.35 bits per heavy atom. The molecule has 4 nitrogen and oxygen atoms in total. The number of thiazole rings is 1. The number of hydrogen-bond donors (Lipinski definition) is 1. The number of nitrogens with one attached hydrogen (secondary N) is 1. The molecule has 0 bridgehead atoms. The van der Waals surface area contributed by atoms with Crippen LogP contribution >= 0.6 is 34.5 Å². The van der Waals surface area contributed by atoms with Crippen molar-refractivity contribution in [3.05, 3.63) is 39.3 Å². The third-order valence-electron chi connectivity index (χ3n) is 2.71. The fourth-order valence-corrected chi connectivity index (χ4v) is 2.89. The molecule has 1 heterocycles. The second-order valence-electron chi connectivity index (χ2n) is 4.51. The smallest absolute Gasteiger partial charge is 0.342 e. The van der Waals surface area contributed by atoms with E-state index in [1.54, 1.807) is 18.2 Å². The minimum absolute atomic E-state index is 0.0812. The molecule has 0 spiro atoms. The number of para-hydroxylation sites is 1. The molecule has 1 amide bonds. The van der Waals surface area contributed by atoms with Gasteiger partial charge in [-0.1, -0.05) is 40.6 Å². The molecule has 23 heavy (non-hydrogen) atoms. The van der Waals surface area contributed by atoms with Crippen LogP contribution in [0, 0.1) is 0 Å². The van der Waals surface area contributed by atoms with Crippen LogP contribution in [-0.2, 0) is 11.0 Å². The Balaban J connectivity index is 2.04. The molecule has 2 rings (SSSR count). The summed E-state index contributed by atoms with van der Waals surface area (Å²) in [4.78, 5) is 16.1. The number of hydrogen-bond acceptors (Lipinski definition) is 4. The Morgan fingerprint density at radius 2 is 1.96 bits per heavy atom. The van der Waals surface area contributed by atoms with Gasteiger partial charge in [-0.15, -0.1) is 0 Å². The lowest BCUT2D eigenvalue weighted by molar-refractivity contribution is -0.134. The van der Waals surface area contributed by atoms with E-state index in [0.717, 1.165) is 6.20 Å². The van der Waals surface area contributed by atoms with Crippen LogP contribution in [0.5, 0.6) is 0 Å². The van der Waals surface area contributed by atoms with Gasteiger partial charge in [0.2, 0.25) is 5.91 Å².